The molecule has 0 saturated heterocycles. The maximum atomic E-state index is 13.9. The zero-order chi connectivity index (χ0) is 25.6. The Morgan fingerprint density at radius 1 is 1.26 bits per heavy atom. The van der Waals surface area contributed by atoms with Gasteiger partial charge in [0.2, 0.25) is 5.43 Å². The number of aromatic nitrogens is 1. The molecule has 1 aliphatic carbocycles. The molecule has 0 spiro atoms. The van der Waals surface area contributed by atoms with Gasteiger partial charge in [-0.05, 0) is 30.2 Å². The van der Waals surface area contributed by atoms with Crippen LogP contribution in [0.25, 0.3) is 0 Å². The molecule has 0 bridgehead atoms. The second-order valence-electron chi connectivity index (χ2n) is 9.31. The Balaban J connectivity index is 1.63. The van der Waals surface area contributed by atoms with Crippen LogP contribution in [0.15, 0.2) is 29.2 Å². The van der Waals surface area contributed by atoms with Crippen LogP contribution in [0, 0.1) is 29.4 Å². The number of pyridine rings is 1. The summed E-state index contributed by atoms with van der Waals surface area (Å²) in [4.78, 5) is 40.7. The summed E-state index contributed by atoms with van der Waals surface area (Å²) in [6.07, 6.45) is 1.25. The maximum absolute atomic E-state index is 13.9. The number of methoxy groups -OCH3 is 1. The van der Waals surface area contributed by atoms with E-state index < -0.39 is 46.4 Å². The molecule has 4 unspecified atom stereocenters. The molecule has 188 valence electrons. The van der Waals surface area contributed by atoms with Gasteiger partial charge in [-0.15, -0.1) is 0 Å². The summed E-state index contributed by atoms with van der Waals surface area (Å²) in [6, 6.07) is 2.81. The fourth-order valence-electron chi connectivity index (χ4n) is 5.23. The van der Waals surface area contributed by atoms with Crippen molar-refractivity contribution in [3.8, 4) is 5.75 Å². The van der Waals surface area contributed by atoms with Gasteiger partial charge >= 0.3 is 0 Å². The molecule has 1 saturated carbocycles. The van der Waals surface area contributed by atoms with Crippen molar-refractivity contribution in [2.24, 2.45) is 17.8 Å². The quantitative estimate of drug-likeness (QED) is 0.623. The number of ether oxygens (including phenoxy) is 1. The number of benzene rings is 1. The summed E-state index contributed by atoms with van der Waals surface area (Å²) in [5.41, 5.74) is -1.56. The average Bonchev–Trinajstić information content (AvgIpc) is 3.41. The van der Waals surface area contributed by atoms with Crippen LogP contribution < -0.4 is 10.7 Å². The van der Waals surface area contributed by atoms with Gasteiger partial charge in [0.15, 0.2) is 17.7 Å². The Labute approximate surface area is 201 Å². The van der Waals surface area contributed by atoms with Gasteiger partial charge in [-0.3, -0.25) is 14.4 Å². The molecule has 2 N–H and O–H groups in total. The highest BCUT2D eigenvalue weighted by Crippen LogP contribution is 2.51. The van der Waals surface area contributed by atoms with Gasteiger partial charge in [0, 0.05) is 37.5 Å². The van der Waals surface area contributed by atoms with Gasteiger partial charge in [-0.2, -0.15) is 0 Å². The molecule has 5 atom stereocenters. The SMILES string of the molecule is CCC(C1C(C)[C@@H]1C)N1C(=O)c2c(O)c(=O)c(C(=O)NCc3ccc(F)cc3F)cn2CC1OC. The number of nitrogens with zero attached hydrogens (tertiary/aromatic N) is 2. The number of carbonyl (C=O) groups is 2. The van der Waals surface area contributed by atoms with Gasteiger partial charge in [0.05, 0.1) is 6.54 Å². The Morgan fingerprint density at radius 3 is 2.51 bits per heavy atom. The third-order valence-corrected chi connectivity index (χ3v) is 7.45. The van der Waals surface area contributed by atoms with E-state index in [9.17, 15) is 28.3 Å². The molecule has 2 heterocycles. The summed E-state index contributed by atoms with van der Waals surface area (Å²) in [5, 5.41) is 13.1. The van der Waals surface area contributed by atoms with Crippen molar-refractivity contribution < 1.29 is 28.2 Å². The molecule has 2 aromatic rings. The van der Waals surface area contributed by atoms with Gasteiger partial charge in [-0.1, -0.05) is 26.8 Å². The van der Waals surface area contributed by atoms with Crippen LogP contribution in [0.2, 0.25) is 0 Å². The first-order chi connectivity index (χ1) is 16.6. The van der Waals surface area contributed by atoms with E-state index in [0.717, 1.165) is 6.07 Å². The van der Waals surface area contributed by atoms with Crippen LogP contribution in [0.5, 0.6) is 5.75 Å². The predicted octanol–water partition coefficient (Wildman–Crippen LogP) is 2.87. The first kappa shape index (κ1) is 24.8. The molecule has 10 heteroatoms. The lowest BCUT2D eigenvalue weighted by atomic mass is 10.0. The van der Waals surface area contributed by atoms with Crippen LogP contribution in [0.1, 0.15) is 53.6 Å². The summed E-state index contributed by atoms with van der Waals surface area (Å²) in [6.45, 7) is 6.07. The van der Waals surface area contributed by atoms with E-state index in [1.54, 1.807) is 4.90 Å². The average molecular weight is 490 g/mol. The van der Waals surface area contributed by atoms with Crippen molar-refractivity contribution in [3.63, 3.8) is 0 Å². The normalized spacial score (nSPS) is 24.2. The minimum absolute atomic E-state index is 0.0291. The van der Waals surface area contributed by atoms with E-state index in [-0.39, 0.29) is 30.4 Å². The van der Waals surface area contributed by atoms with E-state index in [1.807, 2.05) is 6.92 Å². The van der Waals surface area contributed by atoms with Crippen LogP contribution >= 0.6 is 0 Å². The van der Waals surface area contributed by atoms with Crippen molar-refractivity contribution in [1.82, 2.24) is 14.8 Å². The highest BCUT2D eigenvalue weighted by atomic mass is 19.1. The number of fused-ring (bicyclic) bond motifs is 1. The zero-order valence-electron chi connectivity index (χ0n) is 20.0. The predicted molar refractivity (Wildman–Crippen MR) is 123 cm³/mol. The topological polar surface area (TPSA) is 101 Å². The van der Waals surface area contributed by atoms with Gasteiger partial charge < -0.3 is 24.6 Å². The summed E-state index contributed by atoms with van der Waals surface area (Å²) >= 11 is 0. The van der Waals surface area contributed by atoms with E-state index >= 15 is 0 Å². The largest absolute Gasteiger partial charge is 0.503 e. The highest BCUT2D eigenvalue weighted by molar-refractivity contribution is 5.99. The molecular weight excluding hydrogens is 460 g/mol. The van der Waals surface area contributed by atoms with Crippen LogP contribution in [0.3, 0.4) is 0 Å². The smallest absolute Gasteiger partial charge is 0.276 e. The molecule has 8 nitrogen and oxygen atoms in total. The van der Waals surface area contributed by atoms with Crippen molar-refractivity contribution in [1.29, 1.82) is 0 Å². The zero-order valence-corrected chi connectivity index (χ0v) is 20.0. The first-order valence-corrected chi connectivity index (χ1v) is 11.6. The van der Waals surface area contributed by atoms with Crippen molar-refractivity contribution in [3.05, 3.63) is 63.1 Å². The number of carbonyl (C=O) groups excluding carboxylic acids is 2. The minimum Gasteiger partial charge on any atom is -0.503 e. The molecule has 1 aliphatic heterocycles. The number of hydrogen-bond donors (Lipinski definition) is 2. The monoisotopic (exact) mass is 489 g/mol. The molecule has 4 rings (SSSR count). The van der Waals surface area contributed by atoms with Gasteiger partial charge in [-0.25, -0.2) is 8.78 Å². The first-order valence-electron chi connectivity index (χ1n) is 11.6. The Bertz CT molecular complexity index is 1220. The molecule has 2 amide bonds. The fourth-order valence-corrected chi connectivity index (χ4v) is 5.23. The van der Waals surface area contributed by atoms with Crippen LogP contribution in [-0.2, 0) is 17.8 Å². The summed E-state index contributed by atoms with van der Waals surface area (Å²) in [7, 11) is 1.48. The Kier molecular flexibility index (Phi) is 6.68. The molecule has 1 aromatic carbocycles. The minimum atomic E-state index is -1.00. The molecule has 2 aliphatic rings. The molecule has 1 fully saturated rings. The van der Waals surface area contributed by atoms with Gasteiger partial charge in [0.1, 0.15) is 17.2 Å². The van der Waals surface area contributed by atoms with Crippen molar-refractivity contribution >= 4 is 11.8 Å². The molecular formula is C25H29F2N3O5. The second-order valence-corrected chi connectivity index (χ2v) is 9.31. The van der Waals surface area contributed by atoms with E-state index in [0.29, 0.717) is 30.2 Å². The van der Waals surface area contributed by atoms with E-state index in [2.05, 4.69) is 19.2 Å². The third-order valence-electron chi connectivity index (χ3n) is 7.45. The second kappa shape index (κ2) is 9.41. The number of halogens is 2. The lowest BCUT2D eigenvalue weighted by Crippen LogP contribution is -2.55. The van der Waals surface area contributed by atoms with Crippen molar-refractivity contribution in [2.75, 3.05) is 7.11 Å². The summed E-state index contributed by atoms with van der Waals surface area (Å²) in [5.74, 6) is -2.62. The third kappa shape index (κ3) is 4.31. The number of amides is 2. The van der Waals surface area contributed by atoms with Crippen LogP contribution in [0.4, 0.5) is 8.78 Å². The highest BCUT2D eigenvalue weighted by Gasteiger charge is 2.52. The number of hydrogen-bond acceptors (Lipinski definition) is 5. The molecule has 0 radical (unpaired) electrons. The molecule has 35 heavy (non-hydrogen) atoms. The number of aromatic hydroxyl groups is 1. The summed E-state index contributed by atoms with van der Waals surface area (Å²) < 4.78 is 34.0. The standard InChI is InChI=1S/C25H29F2N3O5/c1-5-18(20-12(2)13(20)3)30-19(35-4)11-29-10-16(22(31)23(32)21(29)25(30)34)24(33)28-9-14-6-7-15(26)8-17(14)27/h6-8,10,12-13,18-20,32H,5,9,11H2,1-4H3,(H,28,33)/t12-,13?,18?,19?,20?/m0/s1. The molecule has 1 aromatic heterocycles. The van der Waals surface area contributed by atoms with E-state index in [1.165, 1.54) is 23.9 Å². The van der Waals surface area contributed by atoms with Crippen LogP contribution in [-0.4, -0.2) is 45.8 Å². The van der Waals surface area contributed by atoms with E-state index in [4.69, 9.17) is 4.74 Å². The lowest BCUT2D eigenvalue weighted by Gasteiger charge is -2.42. The van der Waals surface area contributed by atoms with Crippen molar-refractivity contribution in [2.45, 2.75) is 52.6 Å². The Morgan fingerprint density at radius 2 is 1.94 bits per heavy atom. The number of nitrogens with one attached hydrogen (secondary N) is 1. The maximum Gasteiger partial charge on any atom is 0.276 e. The Hall–Kier alpha value is -3.27. The van der Waals surface area contributed by atoms with Gasteiger partial charge in [0.25, 0.3) is 11.8 Å². The lowest BCUT2D eigenvalue weighted by molar-refractivity contribution is -0.0622. The number of rotatable bonds is 7. The fraction of sp³-hybridized carbons (Fsp3) is 0.480.